The van der Waals surface area contributed by atoms with Crippen molar-refractivity contribution in [3.05, 3.63) is 14.4 Å². The molecule has 1 nitrogen and oxygen atoms in total. The number of unbranched alkanes of at least 4 members (excludes halogenated alkanes) is 1. The molecular weight excluding hydrogens is 175 g/mol. The summed E-state index contributed by atoms with van der Waals surface area (Å²) in [6.07, 6.45) is 2.29. The van der Waals surface area contributed by atoms with E-state index in [2.05, 4.69) is 25.8 Å². The van der Waals surface area contributed by atoms with Gasteiger partial charge in [-0.25, -0.2) is 0 Å². The van der Waals surface area contributed by atoms with E-state index in [9.17, 15) is 0 Å². The maximum absolute atomic E-state index is 3.77. The normalized spacial score (nSPS) is 8.40. The van der Waals surface area contributed by atoms with Crippen molar-refractivity contribution < 1.29 is 19.5 Å². The van der Waals surface area contributed by atoms with Gasteiger partial charge in [0, 0.05) is 0 Å². The molecule has 0 aromatic carbocycles. The minimum Gasteiger partial charge on any atom is -0.358 e. The van der Waals surface area contributed by atoms with Gasteiger partial charge in [0.1, 0.15) is 0 Å². The molecule has 0 bridgehead atoms. The molecule has 0 radical (unpaired) electrons. The van der Waals surface area contributed by atoms with E-state index in [0.29, 0.717) is 0 Å². The molecule has 0 unspecified atom stereocenters. The molecule has 0 fully saturated rings. The van der Waals surface area contributed by atoms with Crippen molar-refractivity contribution in [2.24, 2.45) is 0 Å². The molecule has 0 N–H and O–H groups in total. The first kappa shape index (κ1) is 16.9. The van der Waals surface area contributed by atoms with Gasteiger partial charge in [0.15, 0.2) is 0 Å². The van der Waals surface area contributed by atoms with Crippen molar-refractivity contribution in [1.82, 2.24) is 4.90 Å². The summed E-state index contributed by atoms with van der Waals surface area (Å²) in [5.41, 5.74) is 0. The topological polar surface area (TPSA) is 3.24 Å². The second-order valence-electron chi connectivity index (χ2n) is 2.10. The van der Waals surface area contributed by atoms with Gasteiger partial charge < -0.3 is 19.3 Å². The van der Waals surface area contributed by atoms with Crippen molar-refractivity contribution >= 4 is 0 Å². The summed E-state index contributed by atoms with van der Waals surface area (Å²) >= 11 is 0. The van der Waals surface area contributed by atoms with Crippen LogP contribution in [0.5, 0.6) is 0 Å². The molecule has 0 saturated heterocycles. The molecule has 0 heterocycles. The van der Waals surface area contributed by atoms with E-state index in [-0.39, 0.29) is 26.9 Å². The first-order valence-electron chi connectivity index (χ1n) is 3.29. The molecule has 0 atom stereocenters. The average molecular weight is 195 g/mol. The van der Waals surface area contributed by atoms with Crippen LogP contribution in [0.4, 0.5) is 0 Å². The third-order valence-electron chi connectivity index (χ3n) is 1.33. The Labute approximate surface area is 78.9 Å². The van der Waals surface area contributed by atoms with Crippen LogP contribution < -0.4 is 0 Å². The summed E-state index contributed by atoms with van der Waals surface area (Å²) in [5.74, 6) is 0. The molecular formula is C8H19NZn. The summed E-state index contributed by atoms with van der Waals surface area (Å²) in [6, 6.07) is 0. The monoisotopic (exact) mass is 193 g/mol. The van der Waals surface area contributed by atoms with E-state index in [0.717, 1.165) is 13.0 Å². The summed E-state index contributed by atoms with van der Waals surface area (Å²) in [6.45, 7) is 8.28. The van der Waals surface area contributed by atoms with Gasteiger partial charge in [-0.3, -0.25) is 0 Å². The predicted octanol–water partition coefficient (Wildman–Crippen LogP) is 2.00. The smallest absolute Gasteiger partial charge is 0.358 e. The molecule has 58 valence electrons. The minimum absolute atomic E-state index is 0. The Kier molecular flexibility index (Phi) is 20.8. The van der Waals surface area contributed by atoms with Crippen LogP contribution in [-0.4, -0.2) is 25.0 Å². The maximum Gasteiger partial charge on any atom is 2.00 e. The molecule has 10 heavy (non-hydrogen) atoms. The Morgan fingerprint density at radius 2 is 1.90 bits per heavy atom. The number of rotatable bonds is 4. The fraction of sp³-hybridized carbons (Fsp3) is 0.750. The Balaban J connectivity index is -0.000000245. The van der Waals surface area contributed by atoms with Gasteiger partial charge in [-0.15, -0.1) is 0 Å². The zero-order chi connectivity index (χ0) is 6.41. The Morgan fingerprint density at radius 1 is 1.40 bits per heavy atom. The minimum atomic E-state index is 0. The zero-order valence-corrected chi connectivity index (χ0v) is 10.7. The molecule has 0 aromatic heterocycles. The Morgan fingerprint density at radius 3 is 2.20 bits per heavy atom. The fourth-order valence-electron chi connectivity index (χ4n) is 0.540. The standard InChI is InChI=1S/C7H16N.CH3.Zn/c1-4-6-7-8(3)5-2;;/h1,4-7H2,2-3H3;1H3;/q2*-1;+2. The molecule has 0 aliphatic carbocycles. The quantitative estimate of drug-likeness (QED) is 0.489. The molecule has 0 rings (SSSR count). The van der Waals surface area contributed by atoms with Gasteiger partial charge >= 0.3 is 19.5 Å². The Bertz CT molecular complexity index is 48.5. The van der Waals surface area contributed by atoms with Gasteiger partial charge in [-0.1, -0.05) is 13.3 Å². The molecule has 0 aliphatic rings. The Hall–Kier alpha value is 0.583. The van der Waals surface area contributed by atoms with Crippen molar-refractivity contribution in [2.45, 2.75) is 19.8 Å². The molecule has 0 amide bonds. The molecule has 0 spiro atoms. The van der Waals surface area contributed by atoms with Crippen molar-refractivity contribution in [2.75, 3.05) is 20.1 Å². The summed E-state index contributed by atoms with van der Waals surface area (Å²) in [7, 11) is 2.13. The van der Waals surface area contributed by atoms with E-state index in [4.69, 9.17) is 0 Å². The second kappa shape index (κ2) is 12.3. The van der Waals surface area contributed by atoms with Crippen molar-refractivity contribution in [3.8, 4) is 0 Å². The number of hydrogen-bond acceptors (Lipinski definition) is 1. The van der Waals surface area contributed by atoms with Gasteiger partial charge in [0.2, 0.25) is 0 Å². The van der Waals surface area contributed by atoms with Gasteiger partial charge in [0.05, 0.1) is 0 Å². The third-order valence-corrected chi connectivity index (χ3v) is 1.33. The largest absolute Gasteiger partial charge is 2.00 e. The van der Waals surface area contributed by atoms with E-state index in [1.807, 2.05) is 0 Å². The van der Waals surface area contributed by atoms with Gasteiger partial charge in [-0.05, 0) is 20.1 Å². The van der Waals surface area contributed by atoms with Crippen LogP contribution in [-0.2, 0) is 19.5 Å². The van der Waals surface area contributed by atoms with Gasteiger partial charge in [-0.2, -0.15) is 6.42 Å². The van der Waals surface area contributed by atoms with Crippen LogP contribution in [0.15, 0.2) is 0 Å². The van der Waals surface area contributed by atoms with Crippen LogP contribution in [0.25, 0.3) is 0 Å². The van der Waals surface area contributed by atoms with Crippen LogP contribution in [0.2, 0.25) is 0 Å². The van der Waals surface area contributed by atoms with Crippen LogP contribution >= 0.6 is 0 Å². The van der Waals surface area contributed by atoms with E-state index >= 15 is 0 Å². The summed E-state index contributed by atoms with van der Waals surface area (Å²) in [4.78, 5) is 2.30. The maximum atomic E-state index is 3.77. The SMILES string of the molecule is [CH2-]CCCN(C)CC.[CH3-].[Zn+2]. The summed E-state index contributed by atoms with van der Waals surface area (Å²) < 4.78 is 0. The fourth-order valence-corrected chi connectivity index (χ4v) is 0.540. The number of hydrogen-bond donors (Lipinski definition) is 0. The third kappa shape index (κ3) is 11.4. The molecule has 0 aliphatic heterocycles. The van der Waals surface area contributed by atoms with Crippen LogP contribution in [0.1, 0.15) is 19.8 Å². The molecule has 2 heteroatoms. The van der Waals surface area contributed by atoms with E-state index in [1.165, 1.54) is 13.0 Å². The van der Waals surface area contributed by atoms with Crippen LogP contribution in [0.3, 0.4) is 0 Å². The molecule has 0 saturated carbocycles. The van der Waals surface area contributed by atoms with E-state index in [1.54, 1.807) is 0 Å². The first-order valence-corrected chi connectivity index (χ1v) is 3.29. The average Bonchev–Trinajstić information content (AvgIpc) is 1.83. The first-order chi connectivity index (χ1) is 3.81. The van der Waals surface area contributed by atoms with Crippen molar-refractivity contribution in [1.29, 1.82) is 0 Å². The second-order valence-corrected chi connectivity index (χ2v) is 2.10. The zero-order valence-electron chi connectivity index (χ0n) is 7.69. The van der Waals surface area contributed by atoms with Gasteiger partial charge in [0.25, 0.3) is 0 Å². The summed E-state index contributed by atoms with van der Waals surface area (Å²) in [5, 5.41) is 0. The predicted molar refractivity (Wildman–Crippen MR) is 44.2 cm³/mol. The van der Waals surface area contributed by atoms with Crippen molar-refractivity contribution in [3.63, 3.8) is 0 Å². The van der Waals surface area contributed by atoms with E-state index < -0.39 is 0 Å². The number of nitrogens with zero attached hydrogens (tertiary/aromatic N) is 1. The van der Waals surface area contributed by atoms with Crippen LogP contribution in [0, 0.1) is 14.4 Å². The molecule has 0 aromatic rings.